The van der Waals surface area contributed by atoms with Crippen molar-refractivity contribution >= 4 is 0 Å². The molecular weight excluding hydrogens is 95.1 g/mol. The van der Waals surface area contributed by atoms with Gasteiger partial charge in [-0.2, -0.15) is 0 Å². The SMILES string of the molecule is CCC(C)(C)O.F. The van der Waals surface area contributed by atoms with Gasteiger partial charge in [0.2, 0.25) is 0 Å². The Morgan fingerprint density at radius 3 is 1.57 bits per heavy atom. The van der Waals surface area contributed by atoms with Crippen LogP contribution in [0.1, 0.15) is 27.2 Å². The van der Waals surface area contributed by atoms with Crippen LogP contribution in [0.5, 0.6) is 0 Å². The van der Waals surface area contributed by atoms with Crippen LogP contribution in [0.15, 0.2) is 0 Å². The molecule has 0 saturated heterocycles. The van der Waals surface area contributed by atoms with E-state index in [0.717, 1.165) is 6.42 Å². The highest BCUT2D eigenvalue weighted by molar-refractivity contribution is 4.59. The predicted molar refractivity (Wildman–Crippen MR) is 29.1 cm³/mol. The summed E-state index contributed by atoms with van der Waals surface area (Å²) in [6.07, 6.45) is 0.826. The lowest BCUT2D eigenvalue weighted by atomic mass is 10.1. The van der Waals surface area contributed by atoms with Crippen molar-refractivity contribution in [3.05, 3.63) is 0 Å². The summed E-state index contributed by atoms with van der Waals surface area (Å²) in [6, 6.07) is 0. The number of hydrogen-bond donors (Lipinski definition) is 1. The van der Waals surface area contributed by atoms with Crippen molar-refractivity contribution in [3.8, 4) is 0 Å². The first-order valence-corrected chi connectivity index (χ1v) is 2.28. The fourth-order valence-corrected chi connectivity index (χ4v) is 0. The Morgan fingerprint density at radius 2 is 1.57 bits per heavy atom. The van der Waals surface area contributed by atoms with Gasteiger partial charge >= 0.3 is 0 Å². The van der Waals surface area contributed by atoms with Crippen molar-refractivity contribution in [2.75, 3.05) is 0 Å². The van der Waals surface area contributed by atoms with Gasteiger partial charge in [0.25, 0.3) is 0 Å². The molecule has 0 radical (unpaired) electrons. The molecule has 0 atom stereocenters. The van der Waals surface area contributed by atoms with E-state index in [1.807, 2.05) is 6.92 Å². The molecule has 2 heteroatoms. The quantitative estimate of drug-likeness (QED) is 0.537. The van der Waals surface area contributed by atoms with Crippen molar-refractivity contribution in [2.45, 2.75) is 32.8 Å². The maximum Gasteiger partial charge on any atom is 0.0589 e. The minimum Gasteiger partial charge on any atom is -0.390 e. The number of rotatable bonds is 1. The van der Waals surface area contributed by atoms with Gasteiger partial charge in [0.1, 0.15) is 0 Å². The molecule has 46 valence electrons. The summed E-state index contributed by atoms with van der Waals surface area (Å²) in [5, 5.41) is 8.83. The molecule has 0 unspecified atom stereocenters. The van der Waals surface area contributed by atoms with E-state index in [1.54, 1.807) is 13.8 Å². The topological polar surface area (TPSA) is 20.2 Å². The van der Waals surface area contributed by atoms with Gasteiger partial charge in [-0.3, -0.25) is 4.70 Å². The molecule has 1 nitrogen and oxygen atoms in total. The maximum absolute atomic E-state index is 8.83. The van der Waals surface area contributed by atoms with E-state index in [0.29, 0.717) is 0 Å². The smallest absolute Gasteiger partial charge is 0.0589 e. The third kappa shape index (κ3) is 10.7. The molecule has 0 amide bonds. The van der Waals surface area contributed by atoms with E-state index < -0.39 is 5.60 Å². The van der Waals surface area contributed by atoms with E-state index in [-0.39, 0.29) is 4.70 Å². The van der Waals surface area contributed by atoms with Crippen LogP contribution in [0, 0.1) is 0 Å². The number of hydrogen-bond acceptors (Lipinski definition) is 1. The summed E-state index contributed by atoms with van der Waals surface area (Å²) in [4.78, 5) is 0. The molecule has 0 heterocycles. The van der Waals surface area contributed by atoms with Gasteiger partial charge in [-0.15, -0.1) is 0 Å². The van der Waals surface area contributed by atoms with E-state index in [1.165, 1.54) is 0 Å². The van der Waals surface area contributed by atoms with Crippen LogP contribution in [0.4, 0.5) is 4.70 Å². The average Bonchev–Trinajstić information content (AvgIpc) is 1.35. The van der Waals surface area contributed by atoms with Crippen LogP contribution in [-0.4, -0.2) is 10.7 Å². The first-order valence-electron chi connectivity index (χ1n) is 2.28. The summed E-state index contributed by atoms with van der Waals surface area (Å²) in [5.74, 6) is 0. The molecule has 0 saturated carbocycles. The molecule has 0 bridgehead atoms. The van der Waals surface area contributed by atoms with Crippen LogP contribution in [-0.2, 0) is 0 Å². The molecule has 0 aliphatic rings. The molecule has 0 aromatic carbocycles. The lowest BCUT2D eigenvalue weighted by Gasteiger charge is -2.11. The highest BCUT2D eigenvalue weighted by Crippen LogP contribution is 2.03. The monoisotopic (exact) mass is 108 g/mol. The second kappa shape index (κ2) is 2.97. The summed E-state index contributed by atoms with van der Waals surface area (Å²) in [6.45, 7) is 5.56. The van der Waals surface area contributed by atoms with E-state index in [2.05, 4.69) is 0 Å². The molecule has 7 heavy (non-hydrogen) atoms. The largest absolute Gasteiger partial charge is 0.390 e. The molecule has 1 N–H and O–H groups in total. The lowest BCUT2D eigenvalue weighted by Crippen LogP contribution is -2.15. The van der Waals surface area contributed by atoms with Crippen LogP contribution in [0.2, 0.25) is 0 Å². The van der Waals surface area contributed by atoms with Gasteiger partial charge in [-0.25, -0.2) is 0 Å². The summed E-state index contributed by atoms with van der Waals surface area (Å²) < 4.78 is 0. The van der Waals surface area contributed by atoms with Gasteiger partial charge in [0.15, 0.2) is 0 Å². The van der Waals surface area contributed by atoms with Crippen LogP contribution >= 0.6 is 0 Å². The zero-order valence-corrected chi connectivity index (χ0v) is 5.06. The standard InChI is InChI=1S/C5H12O.FH/c1-4-5(2,3)6;/h6H,4H2,1-3H3;1H. The van der Waals surface area contributed by atoms with Crippen LogP contribution < -0.4 is 0 Å². The normalized spacial score (nSPS) is 10.3. The lowest BCUT2D eigenvalue weighted by molar-refractivity contribution is 0.0765. The highest BCUT2D eigenvalue weighted by Gasteiger charge is 2.05. The second-order valence-corrected chi connectivity index (χ2v) is 2.17. The zero-order valence-electron chi connectivity index (χ0n) is 5.06. The Morgan fingerprint density at radius 1 is 1.43 bits per heavy atom. The van der Waals surface area contributed by atoms with Gasteiger partial charge in [-0.05, 0) is 20.3 Å². The maximum atomic E-state index is 8.83. The van der Waals surface area contributed by atoms with E-state index >= 15 is 0 Å². The molecule has 0 spiro atoms. The fourth-order valence-electron chi connectivity index (χ4n) is 0. The van der Waals surface area contributed by atoms with Crippen molar-refractivity contribution in [1.82, 2.24) is 0 Å². The van der Waals surface area contributed by atoms with Gasteiger partial charge in [-0.1, -0.05) is 6.92 Å². The van der Waals surface area contributed by atoms with Crippen molar-refractivity contribution in [1.29, 1.82) is 0 Å². The third-order valence-corrected chi connectivity index (χ3v) is 0.865. The summed E-state index contributed by atoms with van der Waals surface area (Å²) in [7, 11) is 0. The minimum absolute atomic E-state index is 0. The first kappa shape index (κ1) is 10.00. The Hall–Kier alpha value is -0.110. The minimum atomic E-state index is -0.458. The third-order valence-electron chi connectivity index (χ3n) is 0.865. The Kier molecular flexibility index (Phi) is 4.24. The van der Waals surface area contributed by atoms with Crippen LogP contribution in [0.25, 0.3) is 0 Å². The first-order chi connectivity index (χ1) is 2.56. The van der Waals surface area contributed by atoms with Crippen molar-refractivity contribution < 1.29 is 9.81 Å². The van der Waals surface area contributed by atoms with Gasteiger partial charge < -0.3 is 5.11 Å². The molecule has 0 rings (SSSR count). The Labute approximate surface area is 43.7 Å². The Bertz CT molecular complexity index is 37.8. The molecule has 0 aliphatic carbocycles. The molecule has 0 fully saturated rings. The highest BCUT2D eigenvalue weighted by atomic mass is 19.0. The predicted octanol–water partition coefficient (Wildman–Crippen LogP) is 1.32. The molecular formula is C5H13FO. The van der Waals surface area contributed by atoms with Crippen molar-refractivity contribution in [3.63, 3.8) is 0 Å². The van der Waals surface area contributed by atoms with Crippen LogP contribution in [0.3, 0.4) is 0 Å². The van der Waals surface area contributed by atoms with Gasteiger partial charge in [0.05, 0.1) is 5.60 Å². The fraction of sp³-hybridized carbons (Fsp3) is 1.00. The van der Waals surface area contributed by atoms with Gasteiger partial charge in [0, 0.05) is 0 Å². The molecule has 0 aromatic heterocycles. The average molecular weight is 108 g/mol. The summed E-state index contributed by atoms with van der Waals surface area (Å²) in [5.41, 5.74) is -0.458. The number of aliphatic hydroxyl groups is 1. The molecule has 0 aliphatic heterocycles. The molecule has 0 aromatic rings. The Balaban J connectivity index is 0. The second-order valence-electron chi connectivity index (χ2n) is 2.17. The van der Waals surface area contributed by atoms with Crippen molar-refractivity contribution in [2.24, 2.45) is 0 Å². The van der Waals surface area contributed by atoms with E-state index in [4.69, 9.17) is 5.11 Å². The summed E-state index contributed by atoms with van der Waals surface area (Å²) >= 11 is 0. The number of halogens is 1. The zero-order chi connectivity index (χ0) is 5.21. The van der Waals surface area contributed by atoms with E-state index in [9.17, 15) is 0 Å².